The molecule has 2 atom stereocenters. The Labute approximate surface area is 135 Å². The van der Waals surface area contributed by atoms with Gasteiger partial charge in [0.25, 0.3) is 0 Å². The molecule has 2 nitrogen and oxygen atoms in total. The summed E-state index contributed by atoms with van der Waals surface area (Å²) >= 11 is 0. The maximum absolute atomic E-state index is 12.4. The van der Waals surface area contributed by atoms with Crippen molar-refractivity contribution in [2.75, 3.05) is 6.61 Å². The van der Waals surface area contributed by atoms with Crippen LogP contribution in [0.25, 0.3) is 0 Å². The molecule has 1 aliphatic rings. The first-order valence-electron chi connectivity index (χ1n) is 9.03. The second kappa shape index (κ2) is 8.97. The van der Waals surface area contributed by atoms with Gasteiger partial charge in [-0.1, -0.05) is 46.0 Å². The highest BCUT2D eigenvalue weighted by Crippen LogP contribution is 2.44. The number of hydrogen-bond donors (Lipinski definition) is 0. The lowest BCUT2D eigenvalue weighted by atomic mass is 10.0. The van der Waals surface area contributed by atoms with Crippen LogP contribution in [0, 0.1) is 11.8 Å². The van der Waals surface area contributed by atoms with Crippen molar-refractivity contribution in [3.63, 3.8) is 0 Å². The summed E-state index contributed by atoms with van der Waals surface area (Å²) in [6.07, 6.45) is 9.74. The number of benzene rings is 1. The number of Topliss-reactive ketones (excluding diaryl/α,β-unsaturated/α-hetero) is 1. The number of ether oxygens (including phenoxy) is 1. The smallest absolute Gasteiger partial charge is 0.166 e. The van der Waals surface area contributed by atoms with Crippen molar-refractivity contribution in [1.29, 1.82) is 0 Å². The minimum absolute atomic E-state index is 0.286. The van der Waals surface area contributed by atoms with E-state index >= 15 is 0 Å². The van der Waals surface area contributed by atoms with Crippen LogP contribution in [0.15, 0.2) is 24.3 Å². The van der Waals surface area contributed by atoms with E-state index < -0.39 is 0 Å². The number of unbranched alkanes of at least 4 members (excludes halogenated alkanes) is 4. The van der Waals surface area contributed by atoms with Crippen molar-refractivity contribution in [1.82, 2.24) is 0 Å². The van der Waals surface area contributed by atoms with Crippen molar-refractivity contribution >= 4 is 5.78 Å². The lowest BCUT2D eigenvalue weighted by Gasteiger charge is -2.06. The fourth-order valence-corrected chi connectivity index (χ4v) is 2.98. The van der Waals surface area contributed by atoms with Crippen LogP contribution in [0.2, 0.25) is 0 Å². The molecule has 1 fully saturated rings. The molecule has 0 aliphatic heterocycles. The highest BCUT2D eigenvalue weighted by atomic mass is 16.5. The van der Waals surface area contributed by atoms with Crippen molar-refractivity contribution in [3.8, 4) is 5.75 Å². The lowest BCUT2D eigenvalue weighted by molar-refractivity contribution is 0.0960. The summed E-state index contributed by atoms with van der Waals surface area (Å²) in [6, 6.07) is 7.72. The molecule has 0 radical (unpaired) electrons. The highest BCUT2D eigenvalue weighted by Gasteiger charge is 2.42. The summed E-state index contributed by atoms with van der Waals surface area (Å²) in [5.41, 5.74) is 0.851. The summed E-state index contributed by atoms with van der Waals surface area (Å²) in [7, 11) is 0. The average molecular weight is 302 g/mol. The molecule has 0 spiro atoms. The van der Waals surface area contributed by atoms with Crippen LogP contribution in [-0.4, -0.2) is 12.4 Å². The maximum Gasteiger partial charge on any atom is 0.166 e. The molecule has 1 aliphatic carbocycles. The molecule has 1 aromatic carbocycles. The Bertz CT molecular complexity index is 449. The van der Waals surface area contributed by atoms with Crippen LogP contribution < -0.4 is 4.74 Å². The largest absolute Gasteiger partial charge is 0.494 e. The van der Waals surface area contributed by atoms with Gasteiger partial charge in [0.1, 0.15) is 5.75 Å². The zero-order chi connectivity index (χ0) is 15.8. The molecule has 0 N–H and O–H groups in total. The molecule has 0 unspecified atom stereocenters. The van der Waals surface area contributed by atoms with Gasteiger partial charge in [-0.2, -0.15) is 0 Å². The van der Waals surface area contributed by atoms with Gasteiger partial charge in [0, 0.05) is 11.5 Å². The van der Waals surface area contributed by atoms with Crippen LogP contribution in [-0.2, 0) is 0 Å². The highest BCUT2D eigenvalue weighted by molar-refractivity contribution is 5.99. The van der Waals surface area contributed by atoms with E-state index in [4.69, 9.17) is 4.74 Å². The Morgan fingerprint density at radius 3 is 2.45 bits per heavy atom. The maximum atomic E-state index is 12.4. The van der Waals surface area contributed by atoms with Gasteiger partial charge in [0.15, 0.2) is 5.78 Å². The molecule has 122 valence electrons. The van der Waals surface area contributed by atoms with Crippen LogP contribution in [0.1, 0.15) is 75.6 Å². The van der Waals surface area contributed by atoms with E-state index in [2.05, 4.69) is 13.8 Å². The van der Waals surface area contributed by atoms with E-state index in [0.29, 0.717) is 11.7 Å². The third-order valence-corrected chi connectivity index (χ3v) is 4.59. The van der Waals surface area contributed by atoms with E-state index in [1.165, 1.54) is 32.1 Å². The molecule has 22 heavy (non-hydrogen) atoms. The van der Waals surface area contributed by atoms with Crippen molar-refractivity contribution < 1.29 is 9.53 Å². The Morgan fingerprint density at radius 2 is 1.77 bits per heavy atom. The van der Waals surface area contributed by atoms with Gasteiger partial charge in [-0.15, -0.1) is 0 Å². The number of rotatable bonds is 11. The lowest BCUT2D eigenvalue weighted by Crippen LogP contribution is -2.04. The minimum atomic E-state index is 0.286. The van der Waals surface area contributed by atoms with Gasteiger partial charge in [-0.3, -0.25) is 4.79 Å². The van der Waals surface area contributed by atoms with Gasteiger partial charge in [0.05, 0.1) is 6.61 Å². The minimum Gasteiger partial charge on any atom is -0.494 e. The van der Waals surface area contributed by atoms with Crippen LogP contribution in [0.4, 0.5) is 0 Å². The summed E-state index contributed by atoms with van der Waals surface area (Å²) in [5.74, 6) is 2.14. The third-order valence-electron chi connectivity index (χ3n) is 4.59. The van der Waals surface area contributed by atoms with Gasteiger partial charge in [0.2, 0.25) is 0 Å². The van der Waals surface area contributed by atoms with E-state index in [1.807, 2.05) is 24.3 Å². The second-order valence-electron chi connectivity index (χ2n) is 6.54. The molecule has 2 heteroatoms. The first kappa shape index (κ1) is 17.1. The standard InChI is InChI=1S/C20H30O2/c1-3-5-7-8-9-17-15-19(17)20(21)16-10-12-18(13-11-16)22-14-6-4-2/h10-13,17,19H,3-9,14-15H2,1-2H3/t17-,19-/m0/s1. The molecule has 0 bridgehead atoms. The van der Waals surface area contributed by atoms with Gasteiger partial charge < -0.3 is 4.74 Å². The Balaban J connectivity index is 1.74. The molecule has 0 heterocycles. The van der Waals surface area contributed by atoms with Crippen molar-refractivity contribution in [2.24, 2.45) is 11.8 Å². The van der Waals surface area contributed by atoms with Crippen LogP contribution in [0.5, 0.6) is 5.75 Å². The number of ketones is 1. The normalized spacial score (nSPS) is 19.9. The van der Waals surface area contributed by atoms with E-state index in [1.54, 1.807) is 0 Å². The Kier molecular flexibility index (Phi) is 6.95. The fourth-order valence-electron chi connectivity index (χ4n) is 2.98. The van der Waals surface area contributed by atoms with Crippen LogP contribution >= 0.6 is 0 Å². The second-order valence-corrected chi connectivity index (χ2v) is 6.54. The SMILES string of the molecule is CCCCCC[C@H]1C[C@@H]1C(=O)c1ccc(OCCCC)cc1. The topological polar surface area (TPSA) is 26.3 Å². The predicted octanol–water partition coefficient (Wildman–Crippen LogP) is 5.65. The summed E-state index contributed by atoms with van der Waals surface area (Å²) in [6.45, 7) is 5.14. The first-order valence-corrected chi connectivity index (χ1v) is 9.03. The first-order chi connectivity index (χ1) is 10.8. The average Bonchev–Trinajstić information content (AvgIpc) is 3.31. The zero-order valence-electron chi connectivity index (χ0n) is 14.1. The van der Waals surface area contributed by atoms with Gasteiger partial charge in [-0.05, 0) is 49.4 Å². The molecular weight excluding hydrogens is 272 g/mol. The molecule has 2 rings (SSSR count). The van der Waals surface area contributed by atoms with E-state index in [0.717, 1.165) is 37.2 Å². The molecule has 0 aromatic heterocycles. The fraction of sp³-hybridized carbons (Fsp3) is 0.650. The van der Waals surface area contributed by atoms with Gasteiger partial charge >= 0.3 is 0 Å². The molecule has 1 aromatic rings. The number of carbonyl (C=O) groups is 1. The molecule has 1 saturated carbocycles. The monoisotopic (exact) mass is 302 g/mol. The summed E-state index contributed by atoms with van der Waals surface area (Å²) < 4.78 is 5.64. The number of carbonyl (C=O) groups excluding carboxylic acids is 1. The quantitative estimate of drug-likeness (QED) is 0.390. The molecular formula is C20H30O2. The Morgan fingerprint density at radius 1 is 1.05 bits per heavy atom. The predicted molar refractivity (Wildman–Crippen MR) is 91.5 cm³/mol. The van der Waals surface area contributed by atoms with Gasteiger partial charge in [-0.25, -0.2) is 0 Å². The van der Waals surface area contributed by atoms with Crippen molar-refractivity contribution in [3.05, 3.63) is 29.8 Å². The zero-order valence-corrected chi connectivity index (χ0v) is 14.1. The third kappa shape index (κ3) is 5.15. The van der Waals surface area contributed by atoms with E-state index in [9.17, 15) is 4.79 Å². The van der Waals surface area contributed by atoms with E-state index in [-0.39, 0.29) is 5.92 Å². The number of hydrogen-bond acceptors (Lipinski definition) is 2. The summed E-state index contributed by atoms with van der Waals surface area (Å²) in [4.78, 5) is 12.4. The Hall–Kier alpha value is -1.31. The molecule has 0 saturated heterocycles. The molecule has 0 amide bonds. The summed E-state index contributed by atoms with van der Waals surface area (Å²) in [5, 5.41) is 0. The van der Waals surface area contributed by atoms with Crippen LogP contribution in [0.3, 0.4) is 0 Å². The van der Waals surface area contributed by atoms with Crippen molar-refractivity contribution in [2.45, 2.75) is 65.2 Å².